The minimum atomic E-state index is -3.63. The van der Waals surface area contributed by atoms with Gasteiger partial charge in [0, 0.05) is 27.5 Å². The Morgan fingerprint density at radius 1 is 0.500 bits per heavy atom. The average Bonchev–Trinajstić information content (AvgIpc) is 1.54. The molecule has 16 heavy (non-hydrogen) atoms. The van der Waals surface area contributed by atoms with Gasteiger partial charge < -0.3 is 47.6 Å². The molecule has 0 aromatic heterocycles. The summed E-state index contributed by atoms with van der Waals surface area (Å²) in [6.45, 7) is 0. The van der Waals surface area contributed by atoms with Crippen LogP contribution in [0.1, 0.15) is 0 Å². The van der Waals surface area contributed by atoms with Gasteiger partial charge in [0.25, 0.3) is 0 Å². The molecule has 80 valence electrons. The van der Waals surface area contributed by atoms with Crippen LogP contribution in [0.3, 0.4) is 0 Å². The first kappa shape index (κ1) is 42.8. The fourth-order valence-electron chi connectivity index (χ4n) is 0. The molecule has 0 rings (SSSR count). The Labute approximate surface area is 184 Å². The second kappa shape index (κ2) is 36.0. The maximum atomic E-state index is 8.52. The Hall–Kier alpha value is 2.59. The summed E-state index contributed by atoms with van der Waals surface area (Å²) >= 11 is 0. The maximum Gasteiger partial charge on any atom is 2.00 e. The molecule has 0 radical (unpaired) electrons. The van der Waals surface area contributed by atoms with Crippen LogP contribution in [-0.4, -0.2) is 146 Å². The molecule has 0 spiro atoms. The van der Waals surface area contributed by atoms with Crippen molar-refractivity contribution in [2.45, 2.75) is 0 Å². The van der Waals surface area contributed by atoms with E-state index < -0.39 is 27.5 Å². The summed E-state index contributed by atoms with van der Waals surface area (Å²) in [7, 11) is -10.9. The minimum absolute atomic E-state index is 0. The molecule has 0 atom stereocenters. The SMILES string of the molecule is O.O=[Si]([O-])[O-].O=[Si]([O-])[O-].O=[Si]([O-])[O-].[Ca+2].[Ca+2].[Ca+2]. The van der Waals surface area contributed by atoms with Crippen molar-refractivity contribution in [1.82, 2.24) is 0 Å². The number of rotatable bonds is 0. The topological polar surface area (TPSA) is 221 Å². The molecule has 0 saturated heterocycles. The second-order valence-corrected chi connectivity index (χ2v) is 2.25. The molecule has 0 aromatic carbocycles. The molecule has 16 heteroatoms. The molecule has 0 aliphatic carbocycles. The van der Waals surface area contributed by atoms with Crippen LogP contribution in [0.25, 0.3) is 0 Å². The van der Waals surface area contributed by atoms with Crippen LogP contribution in [0.2, 0.25) is 0 Å². The zero-order chi connectivity index (χ0) is 10.7. The first-order valence-electron chi connectivity index (χ1n) is 1.84. The van der Waals surface area contributed by atoms with Crippen molar-refractivity contribution < 1.29 is 47.6 Å². The molecule has 0 saturated carbocycles. The molecule has 0 fully saturated rings. The molecular formula is H2Ca3O10Si3. The van der Waals surface area contributed by atoms with Crippen LogP contribution in [0.4, 0.5) is 0 Å². The van der Waals surface area contributed by atoms with E-state index in [0.717, 1.165) is 0 Å². The van der Waals surface area contributed by atoms with Crippen LogP contribution in [-0.2, 0) is 13.4 Å². The van der Waals surface area contributed by atoms with Gasteiger partial charge in [-0.3, -0.25) is 0 Å². The van der Waals surface area contributed by atoms with Crippen molar-refractivity contribution in [1.29, 1.82) is 0 Å². The molecule has 0 aromatic rings. The summed E-state index contributed by atoms with van der Waals surface area (Å²) < 4.78 is 25.6. The van der Waals surface area contributed by atoms with Crippen LogP contribution < -0.4 is 28.8 Å². The smallest absolute Gasteiger partial charge is 0.672 e. The van der Waals surface area contributed by atoms with E-state index in [9.17, 15) is 0 Å². The molecule has 0 aliphatic rings. The summed E-state index contributed by atoms with van der Waals surface area (Å²) in [4.78, 5) is 51.1. The molecule has 0 bridgehead atoms. The van der Waals surface area contributed by atoms with Gasteiger partial charge in [0.1, 0.15) is 0 Å². The molecule has 0 amide bonds. The fraction of sp³-hybridized carbons (Fsp3) is 0. The van der Waals surface area contributed by atoms with Gasteiger partial charge in [-0.15, -0.1) is 0 Å². The molecule has 2 N–H and O–H groups in total. The Morgan fingerprint density at radius 2 is 0.500 bits per heavy atom. The molecule has 10 nitrogen and oxygen atoms in total. The third kappa shape index (κ3) is 601. The third-order valence-electron chi connectivity index (χ3n) is 0. The first-order chi connectivity index (χ1) is 5.20. The summed E-state index contributed by atoms with van der Waals surface area (Å²) in [5.41, 5.74) is 0. The zero-order valence-electron chi connectivity index (χ0n) is 7.80. The van der Waals surface area contributed by atoms with Crippen molar-refractivity contribution >= 4 is 141 Å². The standard InChI is InChI=1S/3Ca.3O3Si.H2O/c;;;3*1-4(2)3;/h;;;;;;1H2/q3*+2;3*-2;. The number of hydrogen-bond donors (Lipinski definition) is 0. The van der Waals surface area contributed by atoms with Gasteiger partial charge in [-0.1, -0.05) is 0 Å². The fourth-order valence-corrected chi connectivity index (χ4v) is 0. The van der Waals surface area contributed by atoms with E-state index in [1.165, 1.54) is 0 Å². The van der Waals surface area contributed by atoms with Crippen molar-refractivity contribution in [2.75, 3.05) is 0 Å². The zero-order valence-corrected chi connectivity index (χ0v) is 17.4. The van der Waals surface area contributed by atoms with Crippen LogP contribution in [0.5, 0.6) is 0 Å². The Balaban J connectivity index is -0.0000000135. The second-order valence-electron chi connectivity index (χ2n) is 0.750. The predicted molar refractivity (Wildman–Crippen MR) is 40.2 cm³/mol. The Morgan fingerprint density at radius 3 is 0.500 bits per heavy atom. The van der Waals surface area contributed by atoms with E-state index in [1.807, 2.05) is 0 Å². The third-order valence-corrected chi connectivity index (χ3v) is 0. The van der Waals surface area contributed by atoms with E-state index in [-0.39, 0.29) is 119 Å². The van der Waals surface area contributed by atoms with Gasteiger partial charge in [-0.2, -0.15) is 0 Å². The predicted octanol–water partition coefficient (Wildman–Crippen LogP) is -10.6. The summed E-state index contributed by atoms with van der Waals surface area (Å²) in [5.74, 6) is 0. The molecule has 0 heterocycles. The van der Waals surface area contributed by atoms with Gasteiger partial charge in [0.15, 0.2) is 0 Å². The van der Waals surface area contributed by atoms with E-state index in [0.29, 0.717) is 0 Å². The van der Waals surface area contributed by atoms with Gasteiger partial charge in [-0.25, -0.2) is 0 Å². The Kier molecular flexibility index (Phi) is 96.5. The van der Waals surface area contributed by atoms with E-state index in [1.54, 1.807) is 0 Å². The maximum absolute atomic E-state index is 8.52. The number of hydrogen-bond acceptors (Lipinski definition) is 9. The molecular weight excluding hydrogens is 364 g/mol. The summed E-state index contributed by atoms with van der Waals surface area (Å²) in [5, 5.41) is 0. The van der Waals surface area contributed by atoms with Crippen molar-refractivity contribution in [3.63, 3.8) is 0 Å². The average molecular weight is 366 g/mol. The molecule has 0 unspecified atom stereocenters. The largest absolute Gasteiger partial charge is 2.00 e. The van der Waals surface area contributed by atoms with Gasteiger partial charge in [0.2, 0.25) is 0 Å². The quantitative estimate of drug-likeness (QED) is 0.370. The van der Waals surface area contributed by atoms with E-state index in [4.69, 9.17) is 42.2 Å². The van der Waals surface area contributed by atoms with Gasteiger partial charge in [-0.05, 0) is 0 Å². The van der Waals surface area contributed by atoms with Crippen molar-refractivity contribution in [2.24, 2.45) is 0 Å². The van der Waals surface area contributed by atoms with E-state index >= 15 is 0 Å². The van der Waals surface area contributed by atoms with Crippen molar-refractivity contribution in [3.8, 4) is 0 Å². The monoisotopic (exact) mass is 366 g/mol. The summed E-state index contributed by atoms with van der Waals surface area (Å²) in [6, 6.07) is 0. The normalized spacial score (nSPS) is 4.50. The van der Waals surface area contributed by atoms with E-state index in [2.05, 4.69) is 0 Å². The van der Waals surface area contributed by atoms with Crippen LogP contribution in [0.15, 0.2) is 0 Å². The van der Waals surface area contributed by atoms with Gasteiger partial charge >= 0.3 is 113 Å². The summed E-state index contributed by atoms with van der Waals surface area (Å²) in [6.07, 6.45) is 0. The Bertz CT molecular complexity index is 119. The first-order valence-corrected chi connectivity index (χ1v) is 5.51. The van der Waals surface area contributed by atoms with Crippen LogP contribution in [0, 0.1) is 0 Å². The van der Waals surface area contributed by atoms with Crippen molar-refractivity contribution in [3.05, 3.63) is 0 Å². The molecule has 0 aliphatic heterocycles. The van der Waals surface area contributed by atoms with Gasteiger partial charge in [0.05, 0.1) is 0 Å². The minimum Gasteiger partial charge on any atom is -0.672 e. The van der Waals surface area contributed by atoms with Crippen LogP contribution >= 0.6 is 0 Å².